The van der Waals surface area contributed by atoms with E-state index in [0.29, 0.717) is 11.7 Å². The van der Waals surface area contributed by atoms with Crippen molar-refractivity contribution in [3.8, 4) is 5.75 Å². The van der Waals surface area contributed by atoms with Crippen LogP contribution >= 0.6 is 0 Å². The summed E-state index contributed by atoms with van der Waals surface area (Å²) in [4.78, 5) is 24.8. The highest BCUT2D eigenvalue weighted by Gasteiger charge is 2.29. The zero-order valence-corrected chi connectivity index (χ0v) is 13.0. The van der Waals surface area contributed by atoms with Gasteiger partial charge in [0.25, 0.3) is 5.91 Å². The molecule has 0 saturated carbocycles. The predicted octanol–water partition coefficient (Wildman–Crippen LogP) is 1.93. The maximum atomic E-state index is 12.0. The molecule has 0 fully saturated rings. The number of nitrogens with two attached hydrogens (primary N) is 1. The molecule has 0 radical (unpaired) electrons. The number of hydrogen-bond acceptors (Lipinski definition) is 4. The Morgan fingerprint density at radius 2 is 2.00 bits per heavy atom. The van der Waals surface area contributed by atoms with Crippen LogP contribution in [0.5, 0.6) is 5.75 Å². The van der Waals surface area contributed by atoms with Gasteiger partial charge in [-0.25, -0.2) is 9.69 Å². The van der Waals surface area contributed by atoms with E-state index in [4.69, 9.17) is 10.5 Å². The molecule has 6 nitrogen and oxygen atoms in total. The van der Waals surface area contributed by atoms with Crippen LogP contribution in [0.15, 0.2) is 36.5 Å². The minimum atomic E-state index is -0.943. The normalized spacial score (nSPS) is 21.0. The molecule has 0 aromatic heterocycles. The number of nitrogens with zero attached hydrogens (tertiary/aromatic N) is 1. The number of urea groups is 1. The number of nitrogens with one attached hydrogen (secondary N) is 1. The summed E-state index contributed by atoms with van der Waals surface area (Å²) in [7, 11) is 0. The van der Waals surface area contributed by atoms with Crippen LogP contribution in [0.25, 0.3) is 0 Å². The first-order valence-electron chi connectivity index (χ1n) is 7.14. The van der Waals surface area contributed by atoms with Crippen LogP contribution in [-0.2, 0) is 4.79 Å². The molecule has 0 spiro atoms. The summed E-state index contributed by atoms with van der Waals surface area (Å²) in [5, 5.41) is 2.51. The molecular weight excluding hydrogens is 282 g/mol. The van der Waals surface area contributed by atoms with E-state index in [1.54, 1.807) is 13.0 Å². The van der Waals surface area contributed by atoms with Gasteiger partial charge in [-0.2, -0.15) is 0 Å². The highest BCUT2D eigenvalue weighted by atomic mass is 16.5. The van der Waals surface area contributed by atoms with E-state index in [2.05, 4.69) is 19.2 Å². The Morgan fingerprint density at radius 3 is 2.55 bits per heavy atom. The Morgan fingerprint density at radius 1 is 1.36 bits per heavy atom. The van der Waals surface area contributed by atoms with Gasteiger partial charge in [0.05, 0.1) is 0 Å². The fraction of sp³-hybridized carbons (Fsp3) is 0.375. The molecule has 3 N–H and O–H groups in total. The number of hydrogen-bond donors (Lipinski definition) is 2. The van der Waals surface area contributed by atoms with Crippen LogP contribution < -0.4 is 15.8 Å². The van der Waals surface area contributed by atoms with Crippen LogP contribution in [0.1, 0.15) is 32.3 Å². The minimum Gasteiger partial charge on any atom is -0.484 e. The van der Waals surface area contributed by atoms with Gasteiger partial charge in [-0.1, -0.05) is 26.0 Å². The van der Waals surface area contributed by atoms with Crippen molar-refractivity contribution in [2.45, 2.75) is 32.4 Å². The molecule has 1 aromatic carbocycles. The van der Waals surface area contributed by atoms with Gasteiger partial charge < -0.3 is 15.8 Å². The van der Waals surface area contributed by atoms with E-state index in [9.17, 15) is 9.59 Å². The standard InChI is InChI=1S/C16H21N3O3/c1-11(2)12-4-6-13(7-5-12)22-10-14(20)19-9-8-16(3,17)18-15(19)21/h4-9,11H,10,17H2,1-3H3,(H,18,21). The molecule has 1 unspecified atom stereocenters. The Balaban J connectivity index is 1.94. The van der Waals surface area contributed by atoms with Crippen LogP contribution in [0.4, 0.5) is 4.79 Å². The third kappa shape index (κ3) is 3.85. The van der Waals surface area contributed by atoms with Gasteiger partial charge >= 0.3 is 6.03 Å². The summed E-state index contributed by atoms with van der Waals surface area (Å²) in [6, 6.07) is 6.98. The van der Waals surface area contributed by atoms with Crippen molar-refractivity contribution in [1.29, 1.82) is 0 Å². The largest absolute Gasteiger partial charge is 0.484 e. The molecule has 118 valence electrons. The zero-order valence-electron chi connectivity index (χ0n) is 13.0. The Hall–Kier alpha value is -2.34. The van der Waals surface area contributed by atoms with Crippen LogP contribution in [0.2, 0.25) is 0 Å². The van der Waals surface area contributed by atoms with Gasteiger partial charge in [0.15, 0.2) is 6.61 Å². The van der Waals surface area contributed by atoms with Crippen molar-refractivity contribution >= 4 is 11.9 Å². The van der Waals surface area contributed by atoms with Gasteiger partial charge in [0.1, 0.15) is 11.4 Å². The number of benzene rings is 1. The second-order valence-electron chi connectivity index (χ2n) is 5.80. The summed E-state index contributed by atoms with van der Waals surface area (Å²) >= 11 is 0. The molecule has 6 heteroatoms. The van der Waals surface area contributed by atoms with Gasteiger partial charge in [0.2, 0.25) is 0 Å². The van der Waals surface area contributed by atoms with Crippen molar-refractivity contribution in [2.75, 3.05) is 6.61 Å². The van der Waals surface area contributed by atoms with E-state index < -0.39 is 17.6 Å². The zero-order chi connectivity index (χ0) is 16.3. The molecule has 0 aliphatic carbocycles. The lowest BCUT2D eigenvalue weighted by Gasteiger charge is -2.30. The van der Waals surface area contributed by atoms with Crippen molar-refractivity contribution in [1.82, 2.24) is 10.2 Å². The highest BCUT2D eigenvalue weighted by molar-refractivity contribution is 5.97. The molecule has 0 saturated heterocycles. The maximum absolute atomic E-state index is 12.0. The maximum Gasteiger partial charge on any atom is 0.330 e. The summed E-state index contributed by atoms with van der Waals surface area (Å²) in [5.74, 6) is 0.559. The number of imide groups is 1. The van der Waals surface area contributed by atoms with E-state index >= 15 is 0 Å². The third-order valence-corrected chi connectivity index (χ3v) is 3.34. The summed E-state index contributed by atoms with van der Waals surface area (Å²) in [6.45, 7) is 5.62. The quantitative estimate of drug-likeness (QED) is 0.890. The molecular formula is C16H21N3O3. The van der Waals surface area contributed by atoms with Gasteiger partial charge in [0, 0.05) is 6.20 Å². The second-order valence-corrected chi connectivity index (χ2v) is 5.80. The van der Waals surface area contributed by atoms with Crippen molar-refractivity contribution in [3.05, 3.63) is 42.1 Å². The van der Waals surface area contributed by atoms with E-state index in [1.165, 1.54) is 11.8 Å². The topological polar surface area (TPSA) is 84.7 Å². The summed E-state index contributed by atoms with van der Waals surface area (Å²) in [5.41, 5.74) is 6.00. The molecule has 1 heterocycles. The Labute approximate surface area is 129 Å². The number of ether oxygens (including phenoxy) is 1. The smallest absolute Gasteiger partial charge is 0.330 e. The second kappa shape index (κ2) is 6.19. The van der Waals surface area contributed by atoms with Crippen molar-refractivity contribution < 1.29 is 14.3 Å². The third-order valence-electron chi connectivity index (χ3n) is 3.34. The number of carbonyl (C=O) groups is 2. The monoisotopic (exact) mass is 303 g/mol. The lowest BCUT2D eigenvalue weighted by Crippen LogP contribution is -2.59. The molecule has 2 rings (SSSR count). The fourth-order valence-corrected chi connectivity index (χ4v) is 1.99. The lowest BCUT2D eigenvalue weighted by molar-refractivity contribution is -0.128. The van der Waals surface area contributed by atoms with E-state index in [-0.39, 0.29) is 6.61 Å². The molecule has 1 aromatic rings. The SMILES string of the molecule is CC(C)c1ccc(OCC(=O)N2C=CC(C)(N)NC2=O)cc1. The van der Waals surface area contributed by atoms with E-state index in [0.717, 1.165) is 4.90 Å². The predicted molar refractivity (Wildman–Crippen MR) is 83.1 cm³/mol. The minimum absolute atomic E-state index is 0.222. The average Bonchev–Trinajstić information content (AvgIpc) is 2.44. The Bertz CT molecular complexity index is 591. The summed E-state index contributed by atoms with van der Waals surface area (Å²) < 4.78 is 5.42. The molecule has 0 bridgehead atoms. The van der Waals surface area contributed by atoms with Crippen LogP contribution in [0, 0.1) is 0 Å². The first kappa shape index (κ1) is 16.0. The molecule has 3 amide bonds. The fourth-order valence-electron chi connectivity index (χ4n) is 1.99. The average molecular weight is 303 g/mol. The molecule has 1 aliphatic rings. The van der Waals surface area contributed by atoms with Gasteiger partial charge in [-0.3, -0.25) is 4.79 Å². The van der Waals surface area contributed by atoms with Crippen molar-refractivity contribution in [3.63, 3.8) is 0 Å². The Kier molecular flexibility index (Phi) is 4.51. The number of carbonyl (C=O) groups excluding carboxylic acids is 2. The van der Waals surface area contributed by atoms with Crippen molar-refractivity contribution in [2.24, 2.45) is 5.73 Å². The molecule has 22 heavy (non-hydrogen) atoms. The van der Waals surface area contributed by atoms with Crippen LogP contribution in [-0.4, -0.2) is 29.1 Å². The first-order valence-corrected chi connectivity index (χ1v) is 7.14. The molecule has 1 aliphatic heterocycles. The van der Waals surface area contributed by atoms with Gasteiger partial charge in [-0.05, 0) is 36.6 Å². The van der Waals surface area contributed by atoms with E-state index in [1.807, 2.05) is 24.3 Å². The number of rotatable bonds is 4. The first-order chi connectivity index (χ1) is 10.3. The highest BCUT2D eigenvalue weighted by Crippen LogP contribution is 2.18. The van der Waals surface area contributed by atoms with Gasteiger partial charge in [-0.15, -0.1) is 0 Å². The number of amides is 3. The lowest BCUT2D eigenvalue weighted by atomic mass is 10.0. The summed E-state index contributed by atoms with van der Waals surface area (Å²) in [6.07, 6.45) is 2.91. The molecule has 1 atom stereocenters. The van der Waals surface area contributed by atoms with Crippen LogP contribution in [0.3, 0.4) is 0 Å².